The van der Waals surface area contributed by atoms with Crippen LogP contribution in [0.2, 0.25) is 0 Å². The van der Waals surface area contributed by atoms with E-state index in [4.69, 9.17) is 10.00 Å². The van der Waals surface area contributed by atoms with Crippen molar-refractivity contribution in [1.29, 1.82) is 5.26 Å². The van der Waals surface area contributed by atoms with E-state index in [9.17, 15) is 0 Å². The second-order valence-corrected chi connectivity index (χ2v) is 4.65. The Morgan fingerprint density at radius 3 is 3.00 bits per heavy atom. The van der Waals surface area contributed by atoms with Crippen LogP contribution in [0.25, 0.3) is 0 Å². The van der Waals surface area contributed by atoms with Crippen LogP contribution in [0.3, 0.4) is 0 Å². The summed E-state index contributed by atoms with van der Waals surface area (Å²) < 4.78 is 5.64. The Morgan fingerprint density at radius 2 is 2.35 bits per heavy atom. The van der Waals surface area contributed by atoms with Crippen molar-refractivity contribution in [3.05, 3.63) is 29.3 Å². The van der Waals surface area contributed by atoms with Crippen LogP contribution >= 0.6 is 0 Å². The van der Waals surface area contributed by atoms with Gasteiger partial charge in [-0.25, -0.2) is 0 Å². The highest BCUT2D eigenvalue weighted by molar-refractivity contribution is 5.59. The Hall–Kier alpha value is -1.53. The van der Waals surface area contributed by atoms with Crippen molar-refractivity contribution >= 4 is 5.69 Å². The zero-order valence-electron chi connectivity index (χ0n) is 10.4. The summed E-state index contributed by atoms with van der Waals surface area (Å²) in [6, 6.07) is 8.37. The molecule has 1 aliphatic rings. The van der Waals surface area contributed by atoms with E-state index in [1.54, 1.807) is 0 Å². The number of ether oxygens (including phenoxy) is 1. The highest BCUT2D eigenvalue weighted by atomic mass is 16.5. The van der Waals surface area contributed by atoms with Crippen LogP contribution in [0.5, 0.6) is 0 Å². The molecule has 1 aliphatic heterocycles. The van der Waals surface area contributed by atoms with Crippen LogP contribution in [0.4, 0.5) is 5.69 Å². The van der Waals surface area contributed by atoms with Gasteiger partial charge in [0.1, 0.15) is 6.07 Å². The molecule has 90 valence electrons. The van der Waals surface area contributed by atoms with Gasteiger partial charge in [-0.3, -0.25) is 0 Å². The molecular formula is C14H18N2O. The van der Waals surface area contributed by atoms with Crippen molar-refractivity contribution in [1.82, 2.24) is 0 Å². The fraction of sp³-hybridized carbons (Fsp3) is 0.500. The zero-order valence-corrected chi connectivity index (χ0v) is 10.4. The molecule has 2 atom stereocenters. The molecule has 1 saturated heterocycles. The number of rotatable bonds is 3. The summed E-state index contributed by atoms with van der Waals surface area (Å²) in [6.07, 6.45) is 2.50. The average molecular weight is 230 g/mol. The van der Waals surface area contributed by atoms with Gasteiger partial charge in [-0.2, -0.15) is 5.26 Å². The maximum absolute atomic E-state index is 9.10. The first-order valence-corrected chi connectivity index (χ1v) is 6.09. The molecule has 17 heavy (non-hydrogen) atoms. The van der Waals surface area contributed by atoms with Gasteiger partial charge < -0.3 is 10.1 Å². The Balaban J connectivity index is 2.10. The molecule has 1 aromatic rings. The van der Waals surface area contributed by atoms with Crippen molar-refractivity contribution in [2.75, 3.05) is 11.9 Å². The van der Waals surface area contributed by atoms with Gasteiger partial charge in [-0.15, -0.1) is 0 Å². The summed E-state index contributed by atoms with van der Waals surface area (Å²) in [5.41, 5.74) is 2.72. The fourth-order valence-electron chi connectivity index (χ4n) is 2.21. The van der Waals surface area contributed by atoms with Crippen LogP contribution in [-0.2, 0) is 4.74 Å². The van der Waals surface area contributed by atoms with Gasteiger partial charge >= 0.3 is 0 Å². The van der Waals surface area contributed by atoms with E-state index >= 15 is 0 Å². The van der Waals surface area contributed by atoms with Crippen molar-refractivity contribution < 1.29 is 4.74 Å². The zero-order chi connectivity index (χ0) is 12.3. The Bertz CT molecular complexity index is 430. The maximum Gasteiger partial charge on any atom is 0.101 e. The molecule has 0 radical (unpaired) electrons. The van der Waals surface area contributed by atoms with Crippen LogP contribution < -0.4 is 5.32 Å². The highest BCUT2D eigenvalue weighted by Crippen LogP contribution is 2.22. The molecule has 3 nitrogen and oxygen atoms in total. The lowest BCUT2D eigenvalue weighted by atomic mass is 10.1. The molecule has 0 spiro atoms. The largest absolute Gasteiger partial charge is 0.379 e. The fourth-order valence-corrected chi connectivity index (χ4v) is 2.21. The molecule has 0 aromatic heterocycles. The van der Waals surface area contributed by atoms with E-state index in [0.717, 1.165) is 30.7 Å². The summed E-state index contributed by atoms with van der Waals surface area (Å²) in [5.74, 6) is 0. The number of nitrogens with one attached hydrogen (secondary N) is 1. The minimum absolute atomic E-state index is 0.243. The number of benzene rings is 1. The average Bonchev–Trinajstić information content (AvgIpc) is 2.85. The number of nitriles is 1. The van der Waals surface area contributed by atoms with Gasteiger partial charge in [0.15, 0.2) is 0 Å². The van der Waals surface area contributed by atoms with Gasteiger partial charge in [-0.05, 0) is 44.4 Å². The Kier molecular flexibility index (Phi) is 3.65. The minimum Gasteiger partial charge on any atom is -0.379 e. The standard InChI is InChI=1S/C14H18N2O/c1-10-5-6-13(12(8-10)9-15)16-11(2)14-4-3-7-17-14/h5-6,8,11,14,16H,3-4,7H2,1-2H3. The summed E-state index contributed by atoms with van der Waals surface area (Å²) in [7, 11) is 0. The van der Waals surface area contributed by atoms with Crippen molar-refractivity contribution in [3.8, 4) is 6.07 Å². The topological polar surface area (TPSA) is 45.0 Å². The molecule has 1 aromatic carbocycles. The normalized spacial score (nSPS) is 20.9. The van der Waals surface area contributed by atoms with Crippen molar-refractivity contribution in [2.24, 2.45) is 0 Å². The highest BCUT2D eigenvalue weighted by Gasteiger charge is 2.22. The first kappa shape index (κ1) is 11.9. The molecule has 0 amide bonds. The van der Waals surface area contributed by atoms with E-state index in [0.29, 0.717) is 5.56 Å². The maximum atomic E-state index is 9.10. The number of hydrogen-bond acceptors (Lipinski definition) is 3. The second-order valence-electron chi connectivity index (χ2n) is 4.65. The summed E-state index contributed by atoms with van der Waals surface area (Å²) in [6.45, 7) is 4.96. The molecule has 1 heterocycles. The predicted molar refractivity (Wildman–Crippen MR) is 68.0 cm³/mol. The lowest BCUT2D eigenvalue weighted by Gasteiger charge is -2.21. The lowest BCUT2D eigenvalue weighted by Crippen LogP contribution is -2.30. The molecule has 1 N–H and O–H groups in total. The lowest BCUT2D eigenvalue weighted by molar-refractivity contribution is 0.0996. The minimum atomic E-state index is 0.243. The molecule has 0 aliphatic carbocycles. The Labute approximate surface area is 102 Å². The van der Waals surface area contributed by atoms with Gasteiger partial charge in [0, 0.05) is 12.6 Å². The van der Waals surface area contributed by atoms with Crippen LogP contribution in [0.1, 0.15) is 30.9 Å². The number of nitrogens with zero attached hydrogens (tertiary/aromatic N) is 1. The van der Waals surface area contributed by atoms with E-state index in [-0.39, 0.29) is 12.1 Å². The van der Waals surface area contributed by atoms with Crippen LogP contribution in [-0.4, -0.2) is 18.8 Å². The third kappa shape index (κ3) is 2.78. The third-order valence-corrected chi connectivity index (χ3v) is 3.20. The van der Waals surface area contributed by atoms with Gasteiger partial charge in [0.2, 0.25) is 0 Å². The van der Waals surface area contributed by atoms with Gasteiger partial charge in [0.05, 0.1) is 17.4 Å². The summed E-state index contributed by atoms with van der Waals surface area (Å²) in [4.78, 5) is 0. The molecule has 2 unspecified atom stereocenters. The first-order valence-electron chi connectivity index (χ1n) is 6.09. The molecule has 3 heteroatoms. The van der Waals surface area contributed by atoms with E-state index < -0.39 is 0 Å². The molecule has 0 bridgehead atoms. The van der Waals surface area contributed by atoms with E-state index in [2.05, 4.69) is 18.3 Å². The van der Waals surface area contributed by atoms with Crippen LogP contribution in [0.15, 0.2) is 18.2 Å². The Morgan fingerprint density at radius 1 is 1.53 bits per heavy atom. The molecular weight excluding hydrogens is 212 g/mol. The SMILES string of the molecule is Cc1ccc(NC(C)C2CCCO2)c(C#N)c1. The molecule has 1 fully saturated rings. The summed E-state index contributed by atoms with van der Waals surface area (Å²) in [5, 5.41) is 12.5. The molecule has 0 saturated carbocycles. The number of anilines is 1. The van der Waals surface area contributed by atoms with E-state index in [1.165, 1.54) is 0 Å². The predicted octanol–water partition coefficient (Wildman–Crippen LogP) is 2.85. The quantitative estimate of drug-likeness (QED) is 0.868. The molecule has 2 rings (SSSR count). The number of hydrogen-bond donors (Lipinski definition) is 1. The smallest absolute Gasteiger partial charge is 0.101 e. The van der Waals surface area contributed by atoms with Gasteiger partial charge in [-0.1, -0.05) is 6.07 Å². The second kappa shape index (κ2) is 5.20. The first-order chi connectivity index (χ1) is 8.20. The van der Waals surface area contributed by atoms with Crippen molar-refractivity contribution in [2.45, 2.75) is 38.8 Å². The van der Waals surface area contributed by atoms with Crippen LogP contribution in [0, 0.1) is 18.3 Å². The van der Waals surface area contributed by atoms with E-state index in [1.807, 2.05) is 25.1 Å². The number of aryl methyl sites for hydroxylation is 1. The van der Waals surface area contributed by atoms with Crippen molar-refractivity contribution in [3.63, 3.8) is 0 Å². The van der Waals surface area contributed by atoms with Gasteiger partial charge in [0.25, 0.3) is 0 Å². The monoisotopic (exact) mass is 230 g/mol. The summed E-state index contributed by atoms with van der Waals surface area (Å²) >= 11 is 0. The third-order valence-electron chi connectivity index (χ3n) is 3.20.